The number of nitrogens with one attached hydrogen (secondary N) is 2. The number of amides is 2. The molecule has 0 saturated carbocycles. The van der Waals surface area contributed by atoms with E-state index in [9.17, 15) is 9.59 Å². The highest BCUT2D eigenvalue weighted by molar-refractivity contribution is 9.10. The predicted molar refractivity (Wildman–Crippen MR) is 147 cm³/mol. The van der Waals surface area contributed by atoms with Gasteiger partial charge in [-0.25, -0.2) is 10.9 Å². The molecule has 0 fully saturated rings. The van der Waals surface area contributed by atoms with E-state index >= 15 is 0 Å². The molecule has 2 amide bonds. The van der Waals surface area contributed by atoms with Crippen molar-refractivity contribution in [2.75, 3.05) is 0 Å². The van der Waals surface area contributed by atoms with Gasteiger partial charge in [0.15, 0.2) is 0 Å². The molecule has 2 heterocycles. The van der Waals surface area contributed by atoms with Crippen LogP contribution in [-0.2, 0) is 22.4 Å². The van der Waals surface area contributed by atoms with Crippen LogP contribution >= 0.6 is 54.5 Å². The fourth-order valence-electron chi connectivity index (χ4n) is 3.01. The van der Waals surface area contributed by atoms with Gasteiger partial charge >= 0.3 is 0 Å². The minimum atomic E-state index is -0.0707. The molecule has 0 aliphatic rings. The number of nitrogens with zero attached hydrogens (tertiary/aromatic N) is 2. The van der Waals surface area contributed by atoms with Crippen LogP contribution in [0.25, 0.3) is 0 Å². The van der Waals surface area contributed by atoms with Gasteiger partial charge in [0.05, 0.1) is 12.4 Å². The van der Waals surface area contributed by atoms with Gasteiger partial charge in [-0.3, -0.25) is 9.59 Å². The van der Waals surface area contributed by atoms with Crippen LogP contribution in [0.15, 0.2) is 31.3 Å². The first kappa shape index (κ1) is 27.9. The fourth-order valence-corrected chi connectivity index (χ4v) is 6.59. The van der Waals surface area contributed by atoms with E-state index in [4.69, 9.17) is 0 Å². The minimum Gasteiger partial charge on any atom is -0.273 e. The monoisotopic (exact) mass is 616 g/mol. The first-order chi connectivity index (χ1) is 15.9. The van der Waals surface area contributed by atoms with E-state index in [0.717, 1.165) is 63.6 Å². The lowest BCUT2D eigenvalue weighted by atomic mass is 10.1. The third-order valence-corrected chi connectivity index (χ3v) is 9.13. The van der Waals surface area contributed by atoms with E-state index in [0.29, 0.717) is 12.8 Å². The van der Waals surface area contributed by atoms with Gasteiger partial charge in [0, 0.05) is 41.3 Å². The zero-order valence-corrected chi connectivity index (χ0v) is 23.8. The van der Waals surface area contributed by atoms with Gasteiger partial charge in [0.2, 0.25) is 11.8 Å². The van der Waals surface area contributed by atoms with Gasteiger partial charge in [-0.15, -0.1) is 22.7 Å². The summed E-state index contributed by atoms with van der Waals surface area (Å²) in [5, 5.41) is 8.08. The number of unbranched alkanes of at least 4 members (excludes halogenated alkanes) is 4. The van der Waals surface area contributed by atoms with Crippen LogP contribution in [0.2, 0.25) is 0 Å². The first-order valence-electron chi connectivity index (χ1n) is 11.1. The van der Waals surface area contributed by atoms with Crippen LogP contribution in [0.4, 0.5) is 0 Å². The Morgan fingerprint density at radius 3 is 1.55 bits per heavy atom. The van der Waals surface area contributed by atoms with Gasteiger partial charge in [-0.2, -0.15) is 10.2 Å². The van der Waals surface area contributed by atoms with Crippen molar-refractivity contribution >= 4 is 78.8 Å². The number of rotatable bonds is 14. The van der Waals surface area contributed by atoms with Crippen molar-refractivity contribution in [3.8, 4) is 0 Å². The normalized spacial score (nSPS) is 11.5. The van der Waals surface area contributed by atoms with Crippen molar-refractivity contribution in [2.45, 2.75) is 71.6 Å². The van der Waals surface area contributed by atoms with E-state index in [1.165, 1.54) is 9.75 Å². The number of carbonyl (C=O) groups excluding carboxylic acids is 2. The van der Waals surface area contributed by atoms with Crippen LogP contribution < -0.4 is 10.9 Å². The van der Waals surface area contributed by atoms with Gasteiger partial charge in [0.1, 0.15) is 0 Å². The van der Waals surface area contributed by atoms with Crippen molar-refractivity contribution in [2.24, 2.45) is 10.2 Å². The summed E-state index contributed by atoms with van der Waals surface area (Å²) in [5.41, 5.74) is 5.18. The molecule has 0 saturated heterocycles. The molecule has 2 rings (SSSR count). The summed E-state index contributed by atoms with van der Waals surface area (Å²) in [6, 6.07) is 4.02. The molecular formula is C23H30Br2N4O2S2. The van der Waals surface area contributed by atoms with Gasteiger partial charge in [-0.1, -0.05) is 33.1 Å². The summed E-state index contributed by atoms with van der Waals surface area (Å²) in [6.07, 6.45) is 10.8. The van der Waals surface area contributed by atoms with Crippen molar-refractivity contribution < 1.29 is 9.59 Å². The molecule has 2 N–H and O–H groups in total. The van der Waals surface area contributed by atoms with Crippen LogP contribution in [0.1, 0.15) is 78.3 Å². The lowest BCUT2D eigenvalue weighted by Gasteiger charge is -2.02. The van der Waals surface area contributed by atoms with Crippen LogP contribution in [0.3, 0.4) is 0 Å². The number of hydrogen-bond acceptors (Lipinski definition) is 6. The van der Waals surface area contributed by atoms with E-state index < -0.39 is 0 Å². The lowest BCUT2D eigenvalue weighted by molar-refractivity contribution is -0.121. The molecule has 6 nitrogen and oxygen atoms in total. The molecule has 180 valence electrons. The molecule has 0 radical (unpaired) electrons. The quantitative estimate of drug-likeness (QED) is 0.139. The molecule has 10 heteroatoms. The Hall–Kier alpha value is -1.36. The van der Waals surface area contributed by atoms with Crippen LogP contribution in [0, 0.1) is 0 Å². The SMILES string of the molecule is CCc1sc(/C=N/NC(=O)CCCCCCCC(=O)N/N=C/c2cc(Br)c(CC)s2)cc1Br. The van der Waals surface area contributed by atoms with E-state index in [1.54, 1.807) is 35.1 Å². The molecule has 0 aromatic carbocycles. The largest absolute Gasteiger partial charge is 0.273 e. The summed E-state index contributed by atoms with van der Waals surface area (Å²) in [7, 11) is 0. The topological polar surface area (TPSA) is 82.9 Å². The van der Waals surface area contributed by atoms with E-state index in [1.807, 2.05) is 12.1 Å². The molecule has 0 aliphatic heterocycles. The maximum atomic E-state index is 11.9. The molecule has 2 aromatic rings. The van der Waals surface area contributed by atoms with Gasteiger partial charge in [-0.05, 0) is 69.7 Å². The average Bonchev–Trinajstić information content (AvgIpc) is 3.33. The second-order valence-corrected chi connectivity index (χ2v) is 11.4. The fraction of sp³-hybridized carbons (Fsp3) is 0.478. The van der Waals surface area contributed by atoms with Crippen molar-refractivity contribution in [1.29, 1.82) is 0 Å². The van der Waals surface area contributed by atoms with Gasteiger partial charge in [0.25, 0.3) is 0 Å². The zero-order chi connectivity index (χ0) is 24.1. The first-order valence-corrected chi connectivity index (χ1v) is 14.3. The predicted octanol–water partition coefficient (Wildman–Crippen LogP) is 6.79. The smallest absolute Gasteiger partial charge is 0.240 e. The molecule has 0 unspecified atom stereocenters. The maximum Gasteiger partial charge on any atom is 0.240 e. The van der Waals surface area contributed by atoms with Gasteiger partial charge < -0.3 is 0 Å². The van der Waals surface area contributed by atoms with Crippen LogP contribution in [0.5, 0.6) is 0 Å². The molecular weight excluding hydrogens is 588 g/mol. The second-order valence-electron chi connectivity index (χ2n) is 7.40. The Morgan fingerprint density at radius 1 is 0.788 bits per heavy atom. The number of carbonyl (C=O) groups is 2. The Bertz CT molecular complexity index is 894. The number of thiophene rings is 2. The number of halogens is 2. The third-order valence-electron chi connectivity index (χ3n) is 4.76. The summed E-state index contributed by atoms with van der Waals surface area (Å²) in [5.74, 6) is -0.141. The van der Waals surface area contributed by atoms with Crippen molar-refractivity contribution in [3.63, 3.8) is 0 Å². The minimum absolute atomic E-state index is 0.0707. The summed E-state index contributed by atoms with van der Waals surface area (Å²) in [4.78, 5) is 28.3. The van der Waals surface area contributed by atoms with E-state index in [-0.39, 0.29) is 11.8 Å². The van der Waals surface area contributed by atoms with E-state index in [2.05, 4.69) is 66.8 Å². The van der Waals surface area contributed by atoms with Crippen molar-refractivity contribution in [1.82, 2.24) is 10.9 Å². The zero-order valence-electron chi connectivity index (χ0n) is 19.0. The highest BCUT2D eigenvalue weighted by Crippen LogP contribution is 2.27. The summed E-state index contributed by atoms with van der Waals surface area (Å²) < 4.78 is 2.18. The summed E-state index contributed by atoms with van der Waals surface area (Å²) >= 11 is 10.4. The third kappa shape index (κ3) is 10.6. The number of aryl methyl sites for hydroxylation is 2. The molecule has 0 bridgehead atoms. The number of hydrazone groups is 2. The highest BCUT2D eigenvalue weighted by atomic mass is 79.9. The second kappa shape index (κ2) is 15.5. The Labute approximate surface area is 220 Å². The van der Waals surface area contributed by atoms with Crippen LogP contribution in [-0.4, -0.2) is 24.2 Å². The molecule has 0 aliphatic carbocycles. The Morgan fingerprint density at radius 2 is 1.18 bits per heavy atom. The standard InChI is InChI=1S/C23H30Br2N4O2S2/c1-3-20-18(24)12-16(32-20)14-26-28-22(30)10-8-6-5-7-9-11-23(31)29-27-15-17-13-19(25)21(4-2)33-17/h12-15H,3-11H2,1-2H3,(H,28,30)(H,29,31)/b26-14+,27-15+. The molecule has 0 atom stereocenters. The Balaban J connectivity index is 1.49. The number of hydrogen-bond donors (Lipinski definition) is 2. The van der Waals surface area contributed by atoms with Crippen molar-refractivity contribution in [3.05, 3.63) is 40.6 Å². The molecule has 2 aromatic heterocycles. The Kier molecular flexibility index (Phi) is 13.1. The highest BCUT2D eigenvalue weighted by Gasteiger charge is 2.05. The molecule has 33 heavy (non-hydrogen) atoms. The lowest BCUT2D eigenvalue weighted by Crippen LogP contribution is -2.17. The summed E-state index contributed by atoms with van der Waals surface area (Å²) in [6.45, 7) is 4.22. The maximum absolute atomic E-state index is 11.9. The molecule has 0 spiro atoms. The average molecular weight is 618 g/mol.